The van der Waals surface area contributed by atoms with Gasteiger partial charge in [0.05, 0.1) is 11.4 Å². The lowest BCUT2D eigenvalue weighted by atomic mass is 10.2. The Hall–Kier alpha value is -2.27. The summed E-state index contributed by atoms with van der Waals surface area (Å²) in [5.74, 6) is 0.801. The van der Waals surface area contributed by atoms with Crippen molar-refractivity contribution in [2.45, 2.75) is 24.3 Å². The van der Waals surface area contributed by atoms with Gasteiger partial charge in [-0.1, -0.05) is 42.5 Å². The smallest absolute Gasteiger partial charge is 0.210 e. The van der Waals surface area contributed by atoms with E-state index in [0.717, 1.165) is 11.1 Å². The van der Waals surface area contributed by atoms with Gasteiger partial charge in [-0.15, -0.1) is 0 Å². The first-order chi connectivity index (χ1) is 11.6. The lowest BCUT2D eigenvalue weighted by molar-refractivity contribution is 0.504. The second-order valence-electron chi connectivity index (χ2n) is 5.59. The minimum Gasteiger partial charge on any atom is -0.439 e. The van der Waals surface area contributed by atoms with Crippen LogP contribution in [0.5, 0.6) is 0 Å². The lowest BCUT2D eigenvalue weighted by Gasteiger charge is -2.15. The van der Waals surface area contributed by atoms with Crippen LogP contribution < -0.4 is 0 Å². The highest BCUT2D eigenvalue weighted by Gasteiger charge is 2.25. The molecule has 0 aliphatic carbocycles. The van der Waals surface area contributed by atoms with Crippen LogP contribution in [0.25, 0.3) is 11.3 Å². The highest BCUT2D eigenvalue weighted by Crippen LogP contribution is 2.31. The van der Waals surface area contributed by atoms with E-state index in [-0.39, 0.29) is 16.3 Å². The van der Waals surface area contributed by atoms with Crippen LogP contribution in [-0.2, 0) is 10.8 Å². The van der Waals surface area contributed by atoms with Crippen molar-refractivity contribution in [3.8, 4) is 11.3 Å². The Kier molecular flexibility index (Phi) is 4.90. The van der Waals surface area contributed by atoms with Crippen molar-refractivity contribution < 1.29 is 13.0 Å². The van der Waals surface area contributed by atoms with E-state index < -0.39 is 10.8 Å². The Morgan fingerprint density at radius 1 is 1.00 bits per heavy atom. The van der Waals surface area contributed by atoms with Gasteiger partial charge in [0.2, 0.25) is 5.89 Å². The normalized spacial score (nSPS) is 15.0. The zero-order valence-electron chi connectivity index (χ0n) is 13.5. The molecule has 0 spiro atoms. The first kappa shape index (κ1) is 16.6. The van der Waals surface area contributed by atoms with Gasteiger partial charge in [0.25, 0.3) is 0 Å². The topological polar surface area (TPSA) is 43.1 Å². The molecule has 0 bridgehead atoms. The summed E-state index contributed by atoms with van der Waals surface area (Å²) in [5.41, 5.74) is 1.76. The van der Waals surface area contributed by atoms with Gasteiger partial charge in [0.15, 0.2) is 5.76 Å². The lowest BCUT2D eigenvalue weighted by Crippen LogP contribution is -2.10. The molecule has 0 saturated carbocycles. The van der Waals surface area contributed by atoms with Crippen LogP contribution in [0.4, 0.5) is 4.39 Å². The third kappa shape index (κ3) is 3.46. The van der Waals surface area contributed by atoms with Crippen molar-refractivity contribution in [1.82, 2.24) is 4.98 Å². The van der Waals surface area contributed by atoms with Crippen molar-refractivity contribution in [3.63, 3.8) is 0 Å². The van der Waals surface area contributed by atoms with Crippen molar-refractivity contribution in [2.75, 3.05) is 0 Å². The number of oxazole rings is 1. The maximum Gasteiger partial charge on any atom is 0.210 e. The zero-order chi connectivity index (χ0) is 17.1. The quantitative estimate of drug-likeness (QED) is 0.651. The Morgan fingerprint density at radius 2 is 1.67 bits per heavy atom. The number of hydrogen-bond acceptors (Lipinski definition) is 3. The second-order valence-corrected chi connectivity index (χ2v) is 7.66. The molecule has 1 aromatic heterocycles. The minimum atomic E-state index is -1.24. The largest absolute Gasteiger partial charge is 0.439 e. The summed E-state index contributed by atoms with van der Waals surface area (Å²) < 4.78 is 31.6. The van der Waals surface area contributed by atoms with Gasteiger partial charge < -0.3 is 4.42 Å². The summed E-state index contributed by atoms with van der Waals surface area (Å²) in [5, 5.41) is -0.602. The number of benzene rings is 2. The van der Waals surface area contributed by atoms with Crippen LogP contribution in [0, 0.1) is 5.82 Å². The molecule has 0 saturated heterocycles. The summed E-state index contributed by atoms with van der Waals surface area (Å²) in [6.07, 6.45) is 1.65. The van der Waals surface area contributed by atoms with Gasteiger partial charge in [0, 0.05) is 16.4 Å². The molecule has 0 aliphatic heterocycles. The third-order valence-corrected chi connectivity index (χ3v) is 5.83. The van der Waals surface area contributed by atoms with Gasteiger partial charge >= 0.3 is 0 Å². The molecule has 3 atom stereocenters. The Morgan fingerprint density at radius 3 is 2.33 bits per heavy atom. The van der Waals surface area contributed by atoms with E-state index in [1.807, 2.05) is 44.2 Å². The monoisotopic (exact) mass is 343 g/mol. The molecule has 124 valence electrons. The molecule has 0 radical (unpaired) electrons. The van der Waals surface area contributed by atoms with E-state index in [1.54, 1.807) is 18.3 Å². The van der Waals surface area contributed by atoms with E-state index >= 15 is 0 Å². The summed E-state index contributed by atoms with van der Waals surface area (Å²) in [6.45, 7) is 3.69. The molecule has 0 N–H and O–H groups in total. The maximum absolute atomic E-state index is 13.0. The molecule has 0 aliphatic rings. The molecule has 1 heterocycles. The van der Waals surface area contributed by atoms with Gasteiger partial charge in [-0.05, 0) is 31.5 Å². The van der Waals surface area contributed by atoms with Crippen LogP contribution in [-0.4, -0.2) is 9.19 Å². The molecule has 2 aromatic carbocycles. The maximum atomic E-state index is 13.0. The SMILES string of the molecule is C[C@H](c1ccc(F)cc1)[S@](=O)[C@@H](C)c1ncc(-c2ccccc2)o1. The summed E-state index contributed by atoms with van der Waals surface area (Å²) >= 11 is 0. The molecule has 3 aromatic rings. The van der Waals surface area contributed by atoms with Crippen molar-refractivity contribution in [1.29, 1.82) is 0 Å². The predicted molar refractivity (Wildman–Crippen MR) is 93.3 cm³/mol. The van der Waals surface area contributed by atoms with Crippen LogP contribution in [0.2, 0.25) is 0 Å². The summed E-state index contributed by atoms with van der Waals surface area (Å²) in [6, 6.07) is 15.7. The first-order valence-corrected chi connectivity index (χ1v) is 9.00. The highest BCUT2D eigenvalue weighted by molar-refractivity contribution is 7.85. The van der Waals surface area contributed by atoms with Gasteiger partial charge in [-0.25, -0.2) is 9.37 Å². The average Bonchev–Trinajstić information content (AvgIpc) is 3.11. The average molecular weight is 343 g/mol. The van der Waals surface area contributed by atoms with Crippen molar-refractivity contribution in [2.24, 2.45) is 0 Å². The fourth-order valence-electron chi connectivity index (χ4n) is 2.48. The predicted octanol–water partition coefficient (Wildman–Crippen LogP) is 5.05. The van der Waals surface area contributed by atoms with Crippen LogP contribution in [0.3, 0.4) is 0 Å². The van der Waals surface area contributed by atoms with Crippen molar-refractivity contribution in [3.05, 3.63) is 78.1 Å². The summed E-state index contributed by atoms with van der Waals surface area (Å²) in [4.78, 5) is 4.28. The Labute approximate surface area is 143 Å². The van der Waals surface area contributed by atoms with E-state index in [2.05, 4.69) is 4.98 Å². The van der Waals surface area contributed by atoms with Crippen LogP contribution in [0.15, 0.2) is 65.2 Å². The molecular formula is C19H18FNO2S. The zero-order valence-corrected chi connectivity index (χ0v) is 14.3. The number of hydrogen-bond donors (Lipinski definition) is 0. The molecule has 5 heteroatoms. The fourth-order valence-corrected chi connectivity index (χ4v) is 3.83. The summed E-state index contributed by atoms with van der Waals surface area (Å²) in [7, 11) is -1.24. The number of halogens is 1. The first-order valence-electron chi connectivity index (χ1n) is 7.72. The van der Waals surface area contributed by atoms with E-state index in [0.29, 0.717) is 11.7 Å². The molecule has 3 nitrogen and oxygen atoms in total. The molecule has 0 fully saturated rings. The molecular weight excluding hydrogens is 325 g/mol. The molecule has 0 unspecified atom stereocenters. The second kappa shape index (κ2) is 7.09. The van der Waals surface area contributed by atoms with E-state index in [4.69, 9.17) is 4.42 Å². The Bertz CT molecular complexity index is 830. The van der Waals surface area contributed by atoms with Gasteiger partial charge in [0.1, 0.15) is 11.1 Å². The number of rotatable bonds is 5. The standard InChI is InChI=1S/C19H18FNO2S/c1-13(15-8-10-17(20)11-9-15)24(22)14(2)19-21-12-18(23-19)16-6-4-3-5-7-16/h3-14H,1-2H3/t13-,14+,24+/m1/s1. The highest BCUT2D eigenvalue weighted by atomic mass is 32.2. The van der Waals surface area contributed by atoms with Crippen molar-refractivity contribution >= 4 is 10.8 Å². The fraction of sp³-hybridized carbons (Fsp3) is 0.211. The van der Waals surface area contributed by atoms with Gasteiger partial charge in [-0.3, -0.25) is 4.21 Å². The van der Waals surface area contributed by atoms with Crippen LogP contribution >= 0.6 is 0 Å². The number of nitrogens with zero attached hydrogens (tertiary/aromatic N) is 1. The molecule has 3 rings (SSSR count). The van der Waals surface area contributed by atoms with Gasteiger partial charge in [-0.2, -0.15) is 0 Å². The minimum absolute atomic E-state index is 0.243. The number of aromatic nitrogens is 1. The molecule has 0 amide bonds. The van der Waals surface area contributed by atoms with E-state index in [9.17, 15) is 8.60 Å². The van der Waals surface area contributed by atoms with Crippen LogP contribution in [0.1, 0.15) is 35.8 Å². The third-order valence-electron chi connectivity index (χ3n) is 3.97. The van der Waals surface area contributed by atoms with E-state index in [1.165, 1.54) is 12.1 Å². The Balaban J connectivity index is 1.78. The molecule has 24 heavy (non-hydrogen) atoms.